The molecule has 10 nitrogen and oxygen atoms in total. The topological polar surface area (TPSA) is 128 Å². The molecule has 0 aliphatic carbocycles. The number of pyridine rings is 1. The second-order valence-electron chi connectivity index (χ2n) is 10.6. The van der Waals surface area contributed by atoms with Crippen molar-refractivity contribution < 1.29 is 36.3 Å². The van der Waals surface area contributed by atoms with Crippen LogP contribution in [0.4, 0.5) is 33.6 Å². The van der Waals surface area contributed by atoms with Gasteiger partial charge in [0.15, 0.2) is 0 Å². The average molecular weight is 616 g/mol. The molecule has 3 aromatic heterocycles. The van der Waals surface area contributed by atoms with E-state index in [1.807, 2.05) is 0 Å². The van der Waals surface area contributed by atoms with E-state index in [1.165, 1.54) is 6.07 Å². The van der Waals surface area contributed by atoms with Crippen molar-refractivity contribution in [2.75, 3.05) is 24.2 Å². The first-order chi connectivity index (χ1) is 21.0. The average Bonchev–Trinajstić information content (AvgIpc) is 3.56. The first kappa shape index (κ1) is 29.3. The fraction of sp³-hybridized carbons (Fsp3) is 0.345. The molecule has 2 atom stereocenters. The highest BCUT2D eigenvalue weighted by atomic mass is 19.4. The number of piperidine rings is 1. The van der Waals surface area contributed by atoms with Crippen molar-refractivity contribution in [1.29, 1.82) is 0 Å². The molecule has 3 N–H and O–H groups in total. The smallest absolute Gasteiger partial charge is 0.416 e. The third-order valence-corrected chi connectivity index (χ3v) is 7.93. The molecule has 2 aliphatic heterocycles. The summed E-state index contributed by atoms with van der Waals surface area (Å²) in [5.74, 6) is -3.51. The Morgan fingerprint density at radius 1 is 1.16 bits per heavy atom. The third kappa shape index (κ3) is 5.15. The number of rotatable bonds is 6. The minimum atomic E-state index is -4.66. The van der Waals surface area contributed by atoms with Crippen LogP contribution in [-0.4, -0.2) is 55.3 Å². The van der Waals surface area contributed by atoms with Gasteiger partial charge in [-0.3, -0.25) is 14.0 Å². The second kappa shape index (κ2) is 11.0. The Labute approximate surface area is 247 Å². The summed E-state index contributed by atoms with van der Waals surface area (Å²) in [4.78, 5) is 39.5. The minimum absolute atomic E-state index is 0.0138. The maximum atomic E-state index is 16.0. The number of benzene rings is 1. The molecule has 1 aromatic carbocycles. The molecular weight excluding hydrogens is 589 g/mol. The van der Waals surface area contributed by atoms with Gasteiger partial charge in [0.05, 0.1) is 23.9 Å². The van der Waals surface area contributed by atoms with Crippen LogP contribution < -0.4 is 15.8 Å². The van der Waals surface area contributed by atoms with E-state index < -0.39 is 35.2 Å². The van der Waals surface area contributed by atoms with E-state index in [2.05, 4.69) is 20.3 Å². The number of nitrogen functional groups attached to an aromatic ring is 1. The SMILES string of the molecule is CCOc1cc(C(=O)Nc2cc(C(F)(F)F)ccn2)cc(F)c1-c1nc([C@@H]2CC[C@H]3CCC(=O)N3C2)n2c(F)cnc(N)c12. The number of aromatic nitrogens is 4. The van der Waals surface area contributed by atoms with Crippen molar-refractivity contribution >= 4 is 29.0 Å². The molecule has 5 heterocycles. The predicted octanol–water partition coefficient (Wildman–Crippen LogP) is 5.19. The van der Waals surface area contributed by atoms with Gasteiger partial charge in [0.2, 0.25) is 11.9 Å². The monoisotopic (exact) mass is 615 g/mol. The predicted molar refractivity (Wildman–Crippen MR) is 148 cm³/mol. The van der Waals surface area contributed by atoms with E-state index in [0.717, 1.165) is 35.3 Å². The summed E-state index contributed by atoms with van der Waals surface area (Å²) in [6, 6.07) is 3.58. The van der Waals surface area contributed by atoms with Crippen LogP contribution in [0.15, 0.2) is 36.7 Å². The van der Waals surface area contributed by atoms with Gasteiger partial charge in [-0.15, -0.1) is 0 Å². The number of imidazole rings is 1. The van der Waals surface area contributed by atoms with E-state index in [1.54, 1.807) is 11.8 Å². The number of nitrogens with one attached hydrogen (secondary N) is 1. The van der Waals surface area contributed by atoms with E-state index in [0.29, 0.717) is 31.9 Å². The van der Waals surface area contributed by atoms with Crippen LogP contribution in [0.3, 0.4) is 0 Å². The number of halogens is 5. The highest BCUT2D eigenvalue weighted by Gasteiger charge is 2.39. The lowest BCUT2D eigenvalue weighted by Crippen LogP contribution is -2.41. The van der Waals surface area contributed by atoms with Crippen molar-refractivity contribution in [1.82, 2.24) is 24.3 Å². The highest BCUT2D eigenvalue weighted by Crippen LogP contribution is 2.42. The molecule has 0 unspecified atom stereocenters. The summed E-state index contributed by atoms with van der Waals surface area (Å²) in [5, 5.41) is 2.24. The van der Waals surface area contributed by atoms with Crippen LogP contribution in [0.2, 0.25) is 0 Å². The number of carbonyl (C=O) groups is 2. The quantitative estimate of drug-likeness (QED) is 0.286. The zero-order valence-corrected chi connectivity index (χ0v) is 23.3. The van der Waals surface area contributed by atoms with Gasteiger partial charge in [0, 0.05) is 36.7 Å². The molecule has 44 heavy (non-hydrogen) atoms. The Balaban J connectivity index is 1.42. The van der Waals surface area contributed by atoms with Gasteiger partial charge in [0.1, 0.15) is 40.2 Å². The molecule has 0 saturated carbocycles. The Morgan fingerprint density at radius 3 is 2.70 bits per heavy atom. The second-order valence-corrected chi connectivity index (χ2v) is 10.6. The van der Waals surface area contributed by atoms with Crippen molar-refractivity contribution in [3.8, 4) is 17.0 Å². The van der Waals surface area contributed by atoms with Crippen LogP contribution in [0.1, 0.15) is 60.3 Å². The Kier molecular flexibility index (Phi) is 7.33. The molecule has 2 aliphatic rings. The van der Waals surface area contributed by atoms with E-state index in [9.17, 15) is 22.8 Å². The molecule has 0 bridgehead atoms. The number of hydrogen-bond donors (Lipinski definition) is 2. The number of anilines is 2. The van der Waals surface area contributed by atoms with Crippen molar-refractivity contribution in [3.63, 3.8) is 0 Å². The van der Waals surface area contributed by atoms with E-state index in [4.69, 9.17) is 10.5 Å². The van der Waals surface area contributed by atoms with Gasteiger partial charge in [0.25, 0.3) is 5.91 Å². The highest BCUT2D eigenvalue weighted by molar-refractivity contribution is 6.05. The molecule has 0 radical (unpaired) electrons. The number of carbonyl (C=O) groups excluding carboxylic acids is 2. The summed E-state index contributed by atoms with van der Waals surface area (Å²) in [6.45, 7) is 1.97. The first-order valence-electron chi connectivity index (χ1n) is 13.9. The Morgan fingerprint density at radius 2 is 1.95 bits per heavy atom. The van der Waals surface area contributed by atoms with Crippen LogP contribution in [0.25, 0.3) is 16.8 Å². The van der Waals surface area contributed by atoms with Crippen LogP contribution in [-0.2, 0) is 11.0 Å². The number of nitrogens with zero attached hydrogens (tertiary/aromatic N) is 5. The Hall–Kier alpha value is -4.82. The number of alkyl halides is 3. The molecule has 2 amide bonds. The third-order valence-electron chi connectivity index (χ3n) is 7.93. The van der Waals surface area contributed by atoms with Crippen LogP contribution >= 0.6 is 0 Å². The van der Waals surface area contributed by atoms with Crippen molar-refractivity contribution in [2.45, 2.75) is 50.7 Å². The summed E-state index contributed by atoms with van der Waals surface area (Å²) in [5.41, 5.74) is 4.57. The van der Waals surface area contributed by atoms with Crippen molar-refractivity contribution in [3.05, 3.63) is 65.4 Å². The molecule has 4 aromatic rings. The van der Waals surface area contributed by atoms with E-state index >= 15 is 8.78 Å². The fourth-order valence-corrected chi connectivity index (χ4v) is 5.93. The molecule has 230 valence electrons. The minimum Gasteiger partial charge on any atom is -0.493 e. The van der Waals surface area contributed by atoms with Crippen LogP contribution in [0.5, 0.6) is 5.75 Å². The first-order valence-corrected chi connectivity index (χ1v) is 13.9. The fourth-order valence-electron chi connectivity index (χ4n) is 5.93. The van der Waals surface area contributed by atoms with Gasteiger partial charge in [-0.1, -0.05) is 0 Å². The standard InChI is InChI=1S/C29H26F5N7O3/c1-2-44-19-10-15(28(43)38-21-11-16(7-8-36-21)29(32,33)34)9-18(30)23(19)24-25-26(35)37-12-20(31)41(25)27(39-24)14-3-4-17-5-6-22(42)40(17)13-14/h7-12,14,17H,2-6,13H2,1H3,(H2,35,37)(H,36,38,43)/t14-,17+/m1/s1. The maximum Gasteiger partial charge on any atom is 0.416 e. The summed E-state index contributed by atoms with van der Waals surface area (Å²) < 4.78 is 77.5. The molecule has 15 heteroatoms. The lowest BCUT2D eigenvalue weighted by molar-refractivity contribution is -0.137. The number of fused-ring (bicyclic) bond motifs is 2. The van der Waals surface area contributed by atoms with E-state index in [-0.39, 0.29) is 64.2 Å². The lowest BCUT2D eigenvalue weighted by Gasteiger charge is -2.34. The number of hydrogen-bond acceptors (Lipinski definition) is 7. The summed E-state index contributed by atoms with van der Waals surface area (Å²) >= 11 is 0. The molecule has 0 spiro atoms. The maximum absolute atomic E-state index is 16.0. The normalized spacial score (nSPS) is 18.5. The number of ether oxygens (including phenoxy) is 1. The van der Waals surface area contributed by atoms with Gasteiger partial charge < -0.3 is 20.7 Å². The zero-order chi connectivity index (χ0) is 31.3. The summed E-state index contributed by atoms with van der Waals surface area (Å²) in [7, 11) is 0. The number of nitrogens with two attached hydrogens (primary N) is 1. The molecular formula is C29H26F5N7O3. The van der Waals surface area contributed by atoms with Gasteiger partial charge in [-0.2, -0.15) is 17.6 Å². The molecule has 6 rings (SSSR count). The van der Waals surface area contributed by atoms with Gasteiger partial charge in [-0.05, 0) is 50.5 Å². The van der Waals surface area contributed by atoms with Gasteiger partial charge in [-0.25, -0.2) is 19.3 Å². The molecule has 2 fully saturated rings. The number of amides is 2. The largest absolute Gasteiger partial charge is 0.493 e. The zero-order valence-electron chi connectivity index (χ0n) is 23.3. The molecule has 2 saturated heterocycles. The van der Waals surface area contributed by atoms with Gasteiger partial charge >= 0.3 is 6.18 Å². The lowest BCUT2D eigenvalue weighted by atomic mass is 9.92. The Bertz CT molecular complexity index is 1790. The van der Waals surface area contributed by atoms with Crippen LogP contribution in [0, 0.1) is 11.8 Å². The summed E-state index contributed by atoms with van der Waals surface area (Å²) in [6.07, 6.45) is -0.328. The van der Waals surface area contributed by atoms with Crippen molar-refractivity contribution in [2.24, 2.45) is 0 Å².